The molecule has 19 heteroatoms. The number of rotatable bonds is 10. The van der Waals surface area contributed by atoms with Crippen LogP contribution in [0.2, 0.25) is 15.3 Å². The van der Waals surface area contributed by atoms with Gasteiger partial charge in [0.2, 0.25) is 10.3 Å². The van der Waals surface area contributed by atoms with Gasteiger partial charge >= 0.3 is 11.4 Å². The molecule has 0 unspecified atom stereocenters. The second kappa shape index (κ2) is 19.7. The van der Waals surface area contributed by atoms with Crippen LogP contribution in [0, 0.1) is 20.2 Å². The van der Waals surface area contributed by atoms with E-state index in [0.717, 1.165) is 31.6 Å². The summed E-state index contributed by atoms with van der Waals surface area (Å²) in [7, 11) is 6.36. The number of nitrogens with two attached hydrogens (primary N) is 1. The first-order valence-electron chi connectivity index (χ1n) is 15.6. The maximum atomic E-state index is 11.6. The van der Waals surface area contributed by atoms with Gasteiger partial charge in [0.25, 0.3) is 0 Å². The number of ether oxygens (including phenoxy) is 4. The summed E-state index contributed by atoms with van der Waals surface area (Å²) in [6.07, 6.45) is 0. The standard InChI is InChI=1S/C18H15BrClN3O4.C9H3BrCl2N2O2.C9H13NO2/c1-26-12-5-3-10(15(8-12)27-2)9-21-16-13-7-11(19)4-6-14(13)22-18(20)17(16)23(24)25;10-4-1-2-6-5(3-4)7(11)8(14(15)16)9(12)13-6;1-11-8-4-3-7(6-10)9(5-8)12-2/h3-8H,9H2,1-2H3,(H,21,22);1-3H;3-5H,6,10H2,1-2H3. The van der Waals surface area contributed by atoms with Crippen LogP contribution in [0.15, 0.2) is 81.7 Å². The van der Waals surface area contributed by atoms with Crippen LogP contribution >= 0.6 is 66.7 Å². The van der Waals surface area contributed by atoms with Crippen LogP contribution in [0.5, 0.6) is 23.0 Å². The van der Waals surface area contributed by atoms with Crippen molar-refractivity contribution in [3.05, 3.63) is 128 Å². The summed E-state index contributed by atoms with van der Waals surface area (Å²) < 4.78 is 22.3. The summed E-state index contributed by atoms with van der Waals surface area (Å²) in [5, 5.41) is 26.2. The van der Waals surface area contributed by atoms with Crippen molar-refractivity contribution in [3.63, 3.8) is 0 Å². The van der Waals surface area contributed by atoms with Gasteiger partial charge < -0.3 is 30.0 Å². The van der Waals surface area contributed by atoms with Gasteiger partial charge in [-0.25, -0.2) is 9.97 Å². The summed E-state index contributed by atoms with van der Waals surface area (Å²) in [5.74, 6) is 2.82. The summed E-state index contributed by atoms with van der Waals surface area (Å²) in [5.41, 5.74) is 8.03. The minimum absolute atomic E-state index is 0.00120. The molecular weight excluding hydrogens is 911 g/mol. The lowest BCUT2D eigenvalue weighted by Crippen LogP contribution is -2.06. The van der Waals surface area contributed by atoms with Crippen LogP contribution in [0.3, 0.4) is 0 Å². The Morgan fingerprint density at radius 3 is 1.64 bits per heavy atom. The number of nitrogens with zero attached hydrogens (tertiary/aromatic N) is 4. The van der Waals surface area contributed by atoms with Crippen molar-refractivity contribution in [1.82, 2.24) is 9.97 Å². The largest absolute Gasteiger partial charge is 0.497 e. The highest BCUT2D eigenvalue weighted by molar-refractivity contribution is 9.10. The molecule has 0 atom stereocenters. The van der Waals surface area contributed by atoms with Crippen LogP contribution in [-0.4, -0.2) is 48.3 Å². The molecule has 0 fully saturated rings. The maximum Gasteiger partial charge on any atom is 0.329 e. The molecule has 2 heterocycles. The number of nitrogens with one attached hydrogen (secondary N) is 1. The van der Waals surface area contributed by atoms with Gasteiger partial charge in [0.1, 0.15) is 33.7 Å². The van der Waals surface area contributed by atoms with Crippen LogP contribution in [0.4, 0.5) is 17.1 Å². The van der Waals surface area contributed by atoms with Gasteiger partial charge in [0.05, 0.1) is 49.3 Å². The van der Waals surface area contributed by atoms with E-state index >= 15 is 0 Å². The number of hydrogen-bond donors (Lipinski definition) is 2. The Labute approximate surface area is 346 Å². The van der Waals surface area contributed by atoms with Crippen molar-refractivity contribution < 1.29 is 28.8 Å². The molecular formula is C36H31Br2Cl3N6O8. The zero-order chi connectivity index (χ0) is 40.4. The van der Waals surface area contributed by atoms with Crippen LogP contribution in [0.1, 0.15) is 11.1 Å². The Morgan fingerprint density at radius 2 is 1.15 bits per heavy atom. The van der Waals surface area contributed by atoms with E-state index in [9.17, 15) is 20.2 Å². The van der Waals surface area contributed by atoms with Crippen molar-refractivity contribution in [3.8, 4) is 23.0 Å². The second-order valence-electron chi connectivity index (χ2n) is 10.9. The molecule has 55 heavy (non-hydrogen) atoms. The molecule has 0 saturated carbocycles. The normalized spacial score (nSPS) is 10.4. The Balaban J connectivity index is 0.000000203. The van der Waals surface area contributed by atoms with Gasteiger partial charge in [-0.3, -0.25) is 20.2 Å². The zero-order valence-electron chi connectivity index (χ0n) is 29.4. The lowest BCUT2D eigenvalue weighted by atomic mass is 10.1. The molecule has 0 bridgehead atoms. The highest BCUT2D eigenvalue weighted by Gasteiger charge is 2.25. The Bertz CT molecular complexity index is 2370. The van der Waals surface area contributed by atoms with E-state index in [0.29, 0.717) is 45.5 Å². The third kappa shape index (κ3) is 10.5. The predicted molar refractivity (Wildman–Crippen MR) is 222 cm³/mol. The number of aromatic nitrogens is 2. The van der Waals surface area contributed by atoms with Crippen LogP contribution in [-0.2, 0) is 13.1 Å². The molecule has 6 aromatic rings. The van der Waals surface area contributed by atoms with Gasteiger partial charge in [0.15, 0.2) is 0 Å². The molecule has 0 spiro atoms. The maximum absolute atomic E-state index is 11.6. The Hall–Kier alpha value is -4.71. The smallest absolute Gasteiger partial charge is 0.329 e. The Morgan fingerprint density at radius 1 is 0.673 bits per heavy atom. The lowest BCUT2D eigenvalue weighted by Gasteiger charge is -2.14. The third-order valence-corrected chi connectivity index (χ3v) is 9.62. The quantitative estimate of drug-likeness (QED) is 0.0753. The second-order valence-corrected chi connectivity index (χ2v) is 13.9. The molecule has 0 amide bonds. The summed E-state index contributed by atoms with van der Waals surface area (Å²) in [6, 6.07) is 21.4. The van der Waals surface area contributed by atoms with E-state index in [1.807, 2.05) is 24.3 Å². The molecule has 6 rings (SSSR count). The van der Waals surface area contributed by atoms with E-state index in [-0.39, 0.29) is 33.2 Å². The average Bonchev–Trinajstić information content (AvgIpc) is 3.17. The summed E-state index contributed by atoms with van der Waals surface area (Å²) in [4.78, 5) is 29.2. The number of anilines is 1. The zero-order valence-corrected chi connectivity index (χ0v) is 34.8. The molecule has 288 valence electrons. The van der Waals surface area contributed by atoms with Gasteiger partial charge in [-0.2, -0.15) is 0 Å². The fraction of sp³-hybridized carbons (Fsp3) is 0.167. The predicted octanol–water partition coefficient (Wildman–Crippen LogP) is 10.6. The van der Waals surface area contributed by atoms with Crippen molar-refractivity contribution in [2.75, 3.05) is 33.8 Å². The first-order chi connectivity index (χ1) is 26.3. The molecule has 0 aliphatic carbocycles. The van der Waals surface area contributed by atoms with Gasteiger partial charge in [0, 0.05) is 56.1 Å². The third-order valence-electron chi connectivity index (χ3n) is 7.72. The van der Waals surface area contributed by atoms with E-state index < -0.39 is 9.85 Å². The van der Waals surface area contributed by atoms with E-state index in [4.69, 9.17) is 59.5 Å². The van der Waals surface area contributed by atoms with Crippen LogP contribution < -0.4 is 30.0 Å². The van der Waals surface area contributed by atoms with Crippen molar-refractivity contribution in [2.45, 2.75) is 13.1 Å². The molecule has 3 N–H and O–H groups in total. The number of nitro groups is 2. The fourth-order valence-corrected chi connectivity index (χ4v) is 6.65. The number of pyridine rings is 2. The number of methoxy groups -OCH3 is 4. The van der Waals surface area contributed by atoms with Crippen LogP contribution in [0.25, 0.3) is 21.8 Å². The highest BCUT2D eigenvalue weighted by Crippen LogP contribution is 2.40. The average molecular weight is 942 g/mol. The first-order valence-corrected chi connectivity index (χ1v) is 18.4. The first kappa shape index (κ1) is 43.0. The van der Waals surface area contributed by atoms with Crippen molar-refractivity contribution >= 4 is 106 Å². The van der Waals surface area contributed by atoms with Crippen molar-refractivity contribution in [2.24, 2.45) is 5.73 Å². The number of benzene rings is 4. The van der Waals surface area contributed by atoms with Gasteiger partial charge in [-0.15, -0.1) is 0 Å². The number of fused-ring (bicyclic) bond motifs is 2. The van der Waals surface area contributed by atoms with E-state index in [1.165, 1.54) is 0 Å². The van der Waals surface area contributed by atoms with E-state index in [1.54, 1.807) is 77.0 Å². The minimum atomic E-state index is -0.641. The van der Waals surface area contributed by atoms with Gasteiger partial charge in [-0.1, -0.05) is 72.7 Å². The summed E-state index contributed by atoms with van der Waals surface area (Å²) in [6.45, 7) is 0.767. The molecule has 4 aromatic carbocycles. The molecule has 0 radical (unpaired) electrons. The number of hydrogen-bond acceptors (Lipinski definition) is 12. The van der Waals surface area contributed by atoms with Gasteiger partial charge in [-0.05, 0) is 54.6 Å². The number of halogens is 5. The van der Waals surface area contributed by atoms with E-state index in [2.05, 4.69) is 47.1 Å². The topological polar surface area (TPSA) is 187 Å². The molecule has 0 aliphatic heterocycles. The van der Waals surface area contributed by atoms with Crippen molar-refractivity contribution in [1.29, 1.82) is 0 Å². The SMILES string of the molecule is COc1ccc(CN)c(OC)c1.COc1ccc(CNc2c([N+](=O)[O-])c(Cl)nc3ccc(Br)cc23)c(OC)c1.O=[N+]([O-])c1c(Cl)nc2ccc(Br)cc2c1Cl. The minimum Gasteiger partial charge on any atom is -0.497 e. The Kier molecular flexibility index (Phi) is 15.4. The highest BCUT2D eigenvalue weighted by atomic mass is 79.9. The molecule has 2 aromatic heterocycles. The molecule has 14 nitrogen and oxygen atoms in total. The molecule has 0 aliphatic rings. The lowest BCUT2D eigenvalue weighted by molar-refractivity contribution is -0.384. The monoisotopic (exact) mass is 938 g/mol. The molecule has 0 saturated heterocycles. The summed E-state index contributed by atoms with van der Waals surface area (Å²) >= 11 is 24.3. The fourth-order valence-electron chi connectivity index (χ4n) is 5.06.